The number of hydrogen-bond donors (Lipinski definition) is 0. The van der Waals surface area contributed by atoms with Crippen molar-refractivity contribution in [2.75, 3.05) is 4.90 Å². The van der Waals surface area contributed by atoms with Crippen LogP contribution in [0.25, 0.3) is 58.8 Å². The van der Waals surface area contributed by atoms with Crippen molar-refractivity contribution in [3.63, 3.8) is 0 Å². The Morgan fingerprint density at radius 2 is 1.00 bits per heavy atom. The molecule has 0 radical (unpaired) electrons. The second-order valence-corrected chi connectivity index (χ2v) is 12.4. The number of benzene rings is 7. The quantitative estimate of drug-likeness (QED) is 0.193. The lowest BCUT2D eigenvalue weighted by atomic mass is 10.0. The van der Waals surface area contributed by atoms with Gasteiger partial charge in [-0.2, -0.15) is 0 Å². The molecular weight excluding hydrogens is 565 g/mol. The van der Waals surface area contributed by atoms with Crippen LogP contribution in [0.5, 0.6) is 0 Å². The number of anilines is 3. The lowest BCUT2D eigenvalue weighted by Crippen LogP contribution is -2.09. The Kier molecular flexibility index (Phi) is 6.03. The van der Waals surface area contributed by atoms with Crippen LogP contribution >= 0.6 is 11.3 Å². The molecule has 0 bridgehead atoms. The van der Waals surface area contributed by atoms with Crippen molar-refractivity contribution in [2.24, 2.45) is 0 Å². The maximum atomic E-state index is 2.40. The number of nitrogens with zero attached hydrogens (tertiary/aromatic N) is 2. The number of hydrogen-bond acceptors (Lipinski definition) is 2. The zero-order chi connectivity index (χ0) is 29.7. The summed E-state index contributed by atoms with van der Waals surface area (Å²) >= 11 is 1.89. The van der Waals surface area contributed by atoms with Gasteiger partial charge in [-0.15, -0.1) is 11.3 Å². The molecule has 0 saturated carbocycles. The van der Waals surface area contributed by atoms with Crippen molar-refractivity contribution < 1.29 is 0 Å². The molecule has 0 saturated heterocycles. The van der Waals surface area contributed by atoms with E-state index in [1.807, 2.05) is 11.3 Å². The first-order valence-corrected chi connectivity index (χ1v) is 16.1. The second-order valence-electron chi connectivity index (χ2n) is 11.4. The fourth-order valence-corrected chi connectivity index (χ4v) is 8.12. The highest BCUT2D eigenvalue weighted by Gasteiger charge is 2.20. The van der Waals surface area contributed by atoms with E-state index >= 15 is 0 Å². The van der Waals surface area contributed by atoms with Crippen molar-refractivity contribution in [3.05, 3.63) is 170 Å². The Balaban J connectivity index is 1.28. The first-order chi connectivity index (χ1) is 22.3. The van der Waals surface area contributed by atoms with Gasteiger partial charge in [0.2, 0.25) is 0 Å². The van der Waals surface area contributed by atoms with Crippen LogP contribution in [-0.2, 0) is 0 Å². The Morgan fingerprint density at radius 1 is 0.422 bits per heavy atom. The molecule has 0 aliphatic carbocycles. The van der Waals surface area contributed by atoms with Gasteiger partial charge in [0.25, 0.3) is 0 Å². The average molecular weight is 593 g/mol. The van der Waals surface area contributed by atoms with Crippen LogP contribution in [0, 0.1) is 0 Å². The van der Waals surface area contributed by atoms with E-state index in [9.17, 15) is 0 Å². The summed E-state index contributed by atoms with van der Waals surface area (Å²) in [6.45, 7) is 0. The van der Waals surface area contributed by atoms with E-state index in [1.54, 1.807) is 0 Å². The van der Waals surface area contributed by atoms with Gasteiger partial charge in [0.05, 0.1) is 21.4 Å². The normalized spacial score (nSPS) is 11.6. The van der Waals surface area contributed by atoms with Gasteiger partial charge < -0.3 is 9.47 Å². The summed E-state index contributed by atoms with van der Waals surface area (Å²) in [6.07, 6.45) is 0. The summed E-state index contributed by atoms with van der Waals surface area (Å²) < 4.78 is 4.99. The Hall–Kier alpha value is -5.64. The lowest BCUT2D eigenvalue weighted by molar-refractivity contribution is 1.18. The number of thiophene rings is 1. The molecule has 9 aromatic rings. The van der Waals surface area contributed by atoms with Gasteiger partial charge in [-0.1, -0.05) is 115 Å². The standard InChI is InChI=1S/C42H28N2S/c1-4-14-30(15-5-1)43(31-16-6-2-7-17-31)39-25-13-23-37-36-22-12-21-33(41(36)45-42(37)39)29-26-27-35-34-20-10-11-24-38(34)44(40(35)28-29)32-18-8-3-9-19-32/h1-28H. The fraction of sp³-hybridized carbons (Fsp3) is 0. The number of para-hydroxylation sites is 4. The van der Waals surface area contributed by atoms with Crippen molar-refractivity contribution in [2.45, 2.75) is 0 Å². The molecule has 0 unspecified atom stereocenters. The van der Waals surface area contributed by atoms with Crippen LogP contribution in [0.3, 0.4) is 0 Å². The molecule has 212 valence electrons. The van der Waals surface area contributed by atoms with Gasteiger partial charge in [0, 0.05) is 43.3 Å². The maximum Gasteiger partial charge on any atom is 0.0640 e. The average Bonchev–Trinajstić information content (AvgIpc) is 3.66. The van der Waals surface area contributed by atoms with Crippen LogP contribution in [0.15, 0.2) is 170 Å². The van der Waals surface area contributed by atoms with Gasteiger partial charge in [-0.25, -0.2) is 0 Å². The van der Waals surface area contributed by atoms with Crippen LogP contribution in [0.2, 0.25) is 0 Å². The second kappa shape index (κ2) is 10.5. The Labute approximate surface area is 265 Å². The molecule has 0 N–H and O–H groups in total. The van der Waals surface area contributed by atoms with Crippen molar-refractivity contribution >= 4 is 70.4 Å². The van der Waals surface area contributed by atoms with Gasteiger partial charge in [-0.05, 0) is 65.7 Å². The number of rotatable bonds is 5. The highest BCUT2D eigenvalue weighted by molar-refractivity contribution is 7.27. The van der Waals surface area contributed by atoms with E-state index in [-0.39, 0.29) is 0 Å². The molecule has 0 aliphatic heterocycles. The van der Waals surface area contributed by atoms with E-state index in [4.69, 9.17) is 0 Å². The third kappa shape index (κ3) is 4.16. The van der Waals surface area contributed by atoms with E-state index in [0.29, 0.717) is 0 Å². The molecule has 0 fully saturated rings. The lowest BCUT2D eigenvalue weighted by Gasteiger charge is -2.25. The van der Waals surface area contributed by atoms with Crippen LogP contribution in [-0.4, -0.2) is 4.57 Å². The summed E-state index contributed by atoms with van der Waals surface area (Å²) in [5, 5.41) is 5.12. The number of aromatic nitrogens is 1. The molecule has 2 aromatic heterocycles. The molecule has 0 aliphatic rings. The van der Waals surface area contributed by atoms with Crippen LogP contribution in [0.4, 0.5) is 17.1 Å². The molecule has 2 heterocycles. The minimum Gasteiger partial charge on any atom is -0.309 e. The zero-order valence-electron chi connectivity index (χ0n) is 24.5. The van der Waals surface area contributed by atoms with E-state index < -0.39 is 0 Å². The molecular formula is C42H28N2S. The van der Waals surface area contributed by atoms with E-state index in [1.165, 1.54) is 64.5 Å². The van der Waals surface area contributed by atoms with Crippen LogP contribution in [0.1, 0.15) is 0 Å². The molecule has 2 nitrogen and oxygen atoms in total. The minimum absolute atomic E-state index is 1.15. The summed E-state index contributed by atoms with van der Waals surface area (Å²) in [7, 11) is 0. The first-order valence-electron chi connectivity index (χ1n) is 15.3. The fourth-order valence-electron chi connectivity index (χ4n) is 6.78. The van der Waals surface area contributed by atoms with E-state index in [2.05, 4.69) is 179 Å². The highest BCUT2D eigenvalue weighted by Crippen LogP contribution is 2.47. The predicted molar refractivity (Wildman–Crippen MR) is 194 cm³/mol. The van der Waals surface area contributed by atoms with Crippen molar-refractivity contribution in [1.29, 1.82) is 0 Å². The third-order valence-electron chi connectivity index (χ3n) is 8.77. The zero-order valence-corrected chi connectivity index (χ0v) is 25.3. The molecule has 0 atom stereocenters. The van der Waals surface area contributed by atoms with Gasteiger partial charge >= 0.3 is 0 Å². The molecule has 9 rings (SSSR count). The summed E-state index contributed by atoms with van der Waals surface area (Å²) in [6, 6.07) is 61.2. The molecule has 7 aromatic carbocycles. The van der Waals surface area contributed by atoms with Crippen LogP contribution < -0.4 is 4.90 Å². The first kappa shape index (κ1) is 25.8. The highest BCUT2D eigenvalue weighted by atomic mass is 32.1. The third-order valence-corrected chi connectivity index (χ3v) is 10.0. The molecule has 0 amide bonds. The minimum atomic E-state index is 1.15. The summed E-state index contributed by atoms with van der Waals surface area (Å²) in [4.78, 5) is 2.38. The Bertz CT molecular complexity index is 2440. The number of fused-ring (bicyclic) bond motifs is 6. The van der Waals surface area contributed by atoms with E-state index in [0.717, 1.165) is 11.4 Å². The smallest absolute Gasteiger partial charge is 0.0640 e. The Morgan fingerprint density at radius 3 is 1.73 bits per heavy atom. The molecule has 3 heteroatoms. The SMILES string of the molecule is c1ccc(N(c2ccccc2)c2cccc3c2sc2c(-c4ccc5c6ccccc6n(-c6ccccc6)c5c4)cccc23)cc1. The topological polar surface area (TPSA) is 8.17 Å². The summed E-state index contributed by atoms with van der Waals surface area (Å²) in [5.41, 5.74) is 9.59. The summed E-state index contributed by atoms with van der Waals surface area (Å²) in [5.74, 6) is 0. The predicted octanol–water partition coefficient (Wildman–Crippen LogP) is 12.3. The largest absolute Gasteiger partial charge is 0.309 e. The van der Waals surface area contributed by atoms with Gasteiger partial charge in [-0.3, -0.25) is 0 Å². The van der Waals surface area contributed by atoms with Crippen molar-refractivity contribution in [3.8, 4) is 16.8 Å². The van der Waals surface area contributed by atoms with Gasteiger partial charge in [0.15, 0.2) is 0 Å². The molecule has 0 spiro atoms. The maximum absolute atomic E-state index is 2.40. The van der Waals surface area contributed by atoms with Crippen molar-refractivity contribution in [1.82, 2.24) is 4.57 Å². The monoisotopic (exact) mass is 592 g/mol. The molecule has 45 heavy (non-hydrogen) atoms. The van der Waals surface area contributed by atoms with Gasteiger partial charge in [0.1, 0.15) is 0 Å².